The molecule has 4 heteroatoms. The number of hydrogen-bond acceptors (Lipinski definition) is 2. The van der Waals surface area contributed by atoms with Crippen LogP contribution in [0.25, 0.3) is 0 Å². The summed E-state index contributed by atoms with van der Waals surface area (Å²) in [5, 5.41) is 0. The second-order valence-corrected chi connectivity index (χ2v) is 6.53. The molecule has 1 aliphatic rings. The van der Waals surface area contributed by atoms with Gasteiger partial charge in [0.25, 0.3) is 0 Å². The van der Waals surface area contributed by atoms with E-state index in [4.69, 9.17) is 0 Å². The fourth-order valence-corrected chi connectivity index (χ4v) is 3.26. The molecule has 15 heavy (non-hydrogen) atoms. The average molecular weight is 227 g/mol. The maximum absolute atomic E-state index is 13.7. The minimum absolute atomic E-state index is 0.142. The highest BCUT2D eigenvalue weighted by Gasteiger charge is 2.21. The Kier molecular flexibility index (Phi) is 2.34. The third-order valence-corrected chi connectivity index (χ3v) is 4.51. The van der Waals surface area contributed by atoms with Crippen LogP contribution in [0.15, 0.2) is 21.4 Å². The van der Waals surface area contributed by atoms with Gasteiger partial charge in [-0.2, -0.15) is 0 Å². The van der Waals surface area contributed by atoms with Gasteiger partial charge in [-0.05, 0) is 29.2 Å². The largest absolute Gasteiger partial charge is 0.245 e. The molecule has 0 N–H and O–H groups in total. The summed E-state index contributed by atoms with van der Waals surface area (Å²) in [5.74, 6) is -0.126. The van der Waals surface area contributed by atoms with Crippen molar-refractivity contribution in [2.75, 3.05) is 6.26 Å². The summed E-state index contributed by atoms with van der Waals surface area (Å²) in [4.78, 5) is 0.574. The van der Waals surface area contributed by atoms with Crippen LogP contribution in [0.2, 0.25) is 0 Å². The molecule has 1 heterocycles. The summed E-state index contributed by atoms with van der Waals surface area (Å²) in [5.41, 5.74) is 1.59. The van der Waals surface area contributed by atoms with Crippen molar-refractivity contribution in [1.29, 1.82) is 0 Å². The highest BCUT2D eigenvalue weighted by atomic mass is 32.2. The van der Waals surface area contributed by atoms with E-state index < -0.39 is 9.73 Å². The highest BCUT2D eigenvalue weighted by molar-refractivity contribution is 7.93. The van der Waals surface area contributed by atoms with Gasteiger partial charge in [-0.1, -0.05) is 13.8 Å². The lowest BCUT2D eigenvalue weighted by Crippen LogP contribution is -2.00. The first kappa shape index (κ1) is 10.6. The first-order valence-electron chi connectivity index (χ1n) is 4.92. The van der Waals surface area contributed by atoms with Crippen molar-refractivity contribution >= 4 is 9.73 Å². The average Bonchev–Trinajstić information content (AvgIpc) is 2.41. The van der Waals surface area contributed by atoms with Crippen molar-refractivity contribution in [2.24, 2.45) is 4.36 Å². The van der Waals surface area contributed by atoms with Crippen LogP contribution < -0.4 is 0 Å². The number of rotatable bonds is 1. The van der Waals surface area contributed by atoms with Gasteiger partial charge in [0, 0.05) is 6.26 Å². The van der Waals surface area contributed by atoms with Crippen molar-refractivity contribution in [3.8, 4) is 0 Å². The Morgan fingerprint density at radius 3 is 2.73 bits per heavy atom. The second-order valence-electron chi connectivity index (χ2n) is 4.23. The summed E-state index contributed by atoms with van der Waals surface area (Å²) >= 11 is 0. The quantitative estimate of drug-likeness (QED) is 0.725. The maximum atomic E-state index is 13.7. The molecule has 1 unspecified atom stereocenters. The van der Waals surface area contributed by atoms with E-state index in [1.54, 1.807) is 12.3 Å². The highest BCUT2D eigenvalue weighted by Crippen LogP contribution is 2.30. The van der Waals surface area contributed by atoms with Crippen molar-refractivity contribution in [3.05, 3.63) is 29.1 Å². The molecular formula is C11H14FNOS. The summed E-state index contributed by atoms with van der Waals surface area (Å²) in [6.45, 7) is 4.34. The van der Waals surface area contributed by atoms with Gasteiger partial charge in [0.05, 0.1) is 21.2 Å². The zero-order chi connectivity index (χ0) is 11.2. The third-order valence-electron chi connectivity index (χ3n) is 2.69. The van der Waals surface area contributed by atoms with Gasteiger partial charge in [0.1, 0.15) is 5.82 Å². The Morgan fingerprint density at radius 2 is 2.13 bits per heavy atom. The molecule has 1 atom stereocenters. The van der Waals surface area contributed by atoms with Gasteiger partial charge < -0.3 is 0 Å². The monoisotopic (exact) mass is 227 g/mol. The molecule has 82 valence electrons. The minimum Gasteiger partial charge on any atom is -0.245 e. The Hall–Kier alpha value is -0.900. The molecule has 0 saturated heterocycles. The van der Waals surface area contributed by atoms with Gasteiger partial charge in [-0.15, -0.1) is 0 Å². The molecule has 0 spiro atoms. The zero-order valence-electron chi connectivity index (χ0n) is 9.08. The van der Waals surface area contributed by atoms with Crippen LogP contribution in [0.1, 0.15) is 30.9 Å². The molecule has 0 bridgehead atoms. The van der Waals surface area contributed by atoms with Crippen LogP contribution >= 0.6 is 0 Å². The summed E-state index contributed by atoms with van der Waals surface area (Å²) in [6, 6.07) is 3.19. The lowest BCUT2D eigenvalue weighted by atomic mass is 10.00. The Bertz CT molecular complexity index is 528. The smallest absolute Gasteiger partial charge is 0.127 e. The number of hydrogen-bond donors (Lipinski definition) is 0. The third kappa shape index (κ3) is 1.67. The topological polar surface area (TPSA) is 29.4 Å². The van der Waals surface area contributed by atoms with Gasteiger partial charge in [0.2, 0.25) is 0 Å². The van der Waals surface area contributed by atoms with Crippen LogP contribution in [-0.2, 0) is 16.3 Å². The lowest BCUT2D eigenvalue weighted by Gasteiger charge is -2.10. The number of halogens is 1. The van der Waals surface area contributed by atoms with E-state index in [1.807, 2.05) is 13.8 Å². The van der Waals surface area contributed by atoms with E-state index in [1.165, 1.54) is 6.07 Å². The summed E-state index contributed by atoms with van der Waals surface area (Å²) in [7, 11) is -2.34. The molecule has 1 aromatic carbocycles. The van der Waals surface area contributed by atoms with E-state index >= 15 is 0 Å². The first-order valence-corrected chi connectivity index (χ1v) is 6.84. The predicted octanol–water partition coefficient (Wildman–Crippen LogP) is 2.92. The molecular weight excluding hydrogens is 213 g/mol. The van der Waals surface area contributed by atoms with E-state index in [9.17, 15) is 8.60 Å². The van der Waals surface area contributed by atoms with Crippen molar-refractivity contribution in [1.82, 2.24) is 0 Å². The lowest BCUT2D eigenvalue weighted by molar-refractivity contribution is 0.592. The fourth-order valence-electron chi connectivity index (χ4n) is 1.80. The molecule has 1 aliphatic heterocycles. The summed E-state index contributed by atoms with van der Waals surface area (Å²) in [6.07, 6.45) is 1.56. The Morgan fingerprint density at radius 1 is 1.47 bits per heavy atom. The number of fused-ring (bicyclic) bond motifs is 1. The van der Waals surface area contributed by atoms with Crippen LogP contribution in [0.5, 0.6) is 0 Å². The first-order chi connectivity index (χ1) is 6.92. The van der Waals surface area contributed by atoms with Gasteiger partial charge in [-0.3, -0.25) is 0 Å². The van der Waals surface area contributed by atoms with Crippen LogP contribution in [-0.4, -0.2) is 10.5 Å². The summed E-state index contributed by atoms with van der Waals surface area (Å²) < 4.78 is 29.6. The van der Waals surface area contributed by atoms with E-state index in [0.717, 1.165) is 5.56 Å². The SMILES string of the molecule is CC(C)c1cc2c(cc1F)S(C)(=O)=NC2. The molecule has 0 saturated carbocycles. The van der Waals surface area contributed by atoms with E-state index in [-0.39, 0.29) is 11.7 Å². The van der Waals surface area contributed by atoms with E-state index in [2.05, 4.69) is 4.36 Å². The van der Waals surface area contributed by atoms with Gasteiger partial charge in [-0.25, -0.2) is 13.0 Å². The molecule has 1 aromatic rings. The maximum Gasteiger partial charge on any atom is 0.127 e. The molecule has 2 rings (SSSR count). The number of benzene rings is 1. The van der Waals surface area contributed by atoms with Gasteiger partial charge >= 0.3 is 0 Å². The number of nitrogens with zero attached hydrogens (tertiary/aromatic N) is 1. The molecule has 0 aromatic heterocycles. The Labute approximate surface area is 89.7 Å². The second kappa shape index (κ2) is 3.30. The molecule has 0 amide bonds. The fraction of sp³-hybridized carbons (Fsp3) is 0.455. The van der Waals surface area contributed by atoms with Crippen molar-refractivity contribution < 1.29 is 8.60 Å². The molecule has 2 nitrogen and oxygen atoms in total. The zero-order valence-corrected chi connectivity index (χ0v) is 9.90. The molecule has 0 radical (unpaired) electrons. The molecule has 0 fully saturated rings. The van der Waals surface area contributed by atoms with E-state index in [0.29, 0.717) is 17.0 Å². The van der Waals surface area contributed by atoms with Crippen LogP contribution in [0, 0.1) is 5.82 Å². The normalized spacial score (nSPS) is 24.1. The predicted molar refractivity (Wildman–Crippen MR) is 59.0 cm³/mol. The van der Waals surface area contributed by atoms with Crippen LogP contribution in [0.4, 0.5) is 4.39 Å². The Balaban J connectivity index is 2.64. The van der Waals surface area contributed by atoms with Gasteiger partial charge in [0.15, 0.2) is 0 Å². The van der Waals surface area contributed by atoms with Crippen molar-refractivity contribution in [3.63, 3.8) is 0 Å². The minimum atomic E-state index is -2.34. The molecule has 0 aliphatic carbocycles. The van der Waals surface area contributed by atoms with Crippen LogP contribution in [0.3, 0.4) is 0 Å². The van der Waals surface area contributed by atoms with Crippen molar-refractivity contribution in [2.45, 2.75) is 31.2 Å². The standard InChI is InChI=1S/C11H14FNOS/c1-7(2)9-4-8-6-13-15(3,14)11(8)5-10(9)12/h4-5,7H,6H2,1-3H3.